The van der Waals surface area contributed by atoms with E-state index >= 15 is 0 Å². The van der Waals surface area contributed by atoms with Gasteiger partial charge in [0.2, 0.25) is 0 Å². The van der Waals surface area contributed by atoms with Crippen molar-refractivity contribution in [2.45, 2.75) is 0 Å². The fourth-order valence-corrected chi connectivity index (χ4v) is 4.62. The Morgan fingerprint density at radius 2 is 0.351 bits per heavy atom. The molecule has 0 aliphatic carbocycles. The molecule has 6 aromatic rings. The normalized spacial score (nSPS) is 10.5. The van der Waals surface area contributed by atoms with Gasteiger partial charge in [0.25, 0.3) is 0 Å². The maximum Gasteiger partial charge on any atom is 0.178 e. The molecule has 0 N–H and O–H groups in total. The molecule has 6 aromatic carbocycles. The average molecular weight is 1020 g/mol. The Bertz CT molecular complexity index is 1770. The molecule has 0 heterocycles. The topological polar surface area (TPSA) is 51.2 Å². The quantitative estimate of drug-likeness (QED) is 0.0907. The van der Waals surface area contributed by atoms with Crippen LogP contribution in [0.15, 0.2) is 218 Å². The largest absolute Gasteiger partial charge is 0.290 e. The summed E-state index contributed by atoms with van der Waals surface area (Å²) in [5.74, 6) is -0.0341. The van der Waals surface area contributed by atoms with Gasteiger partial charge in [-0.1, -0.05) is 218 Å². The molecule has 0 aromatic heterocycles. The Balaban J connectivity index is 0.000000417. The zero-order valence-corrected chi connectivity index (χ0v) is 35.6. The van der Waals surface area contributed by atoms with Gasteiger partial charge in [-0.3, -0.25) is 14.4 Å². The molecule has 0 aliphatic rings. The van der Waals surface area contributed by atoms with Crippen molar-refractivity contribution in [3.8, 4) is 0 Å². The van der Waals surface area contributed by atoms with Gasteiger partial charge in [0.1, 0.15) is 0 Å². The zero-order valence-electron chi connectivity index (χ0n) is 30.9. The molecule has 57 heavy (non-hydrogen) atoms. The molecule has 0 radical (unpaired) electrons. The van der Waals surface area contributed by atoms with E-state index in [4.69, 9.17) is 0 Å². The van der Waals surface area contributed by atoms with Crippen molar-refractivity contribution >= 4 is 53.8 Å². The van der Waals surface area contributed by atoms with Gasteiger partial charge in [-0.05, 0) is 69.8 Å². The minimum Gasteiger partial charge on any atom is -0.290 e. The Labute approximate surface area is 378 Å². The molecule has 0 aliphatic heterocycles. The van der Waals surface area contributed by atoms with Crippen molar-refractivity contribution in [1.82, 2.24) is 0 Å². The summed E-state index contributed by atoms with van der Waals surface area (Å²) in [6.45, 7) is 0. The zero-order chi connectivity index (χ0) is 37.9. The number of hydrogen-bond acceptors (Lipinski definition) is 3. The van der Waals surface area contributed by atoms with Crippen molar-refractivity contribution in [2.75, 3.05) is 0 Å². The van der Waals surface area contributed by atoms with Crippen LogP contribution in [0.4, 0.5) is 0 Å². The van der Waals surface area contributed by atoms with Crippen LogP contribution in [-0.4, -0.2) is 17.3 Å². The van der Waals surface area contributed by atoms with E-state index in [-0.39, 0.29) is 78.6 Å². The van der Waals surface area contributed by atoms with Crippen LogP contribution in [-0.2, 0) is 75.7 Å². The predicted molar refractivity (Wildman–Crippen MR) is 228 cm³/mol. The first-order chi connectivity index (χ1) is 26.5. The summed E-state index contributed by atoms with van der Waals surface area (Å²) >= 11 is 0. The first kappa shape index (κ1) is 49.8. The van der Waals surface area contributed by atoms with E-state index in [9.17, 15) is 14.4 Å². The molecule has 3 nitrogen and oxygen atoms in total. The van der Waals surface area contributed by atoms with E-state index in [2.05, 4.69) is 0 Å². The third-order valence-electron chi connectivity index (χ3n) is 7.44. The molecule has 0 bridgehead atoms. The number of hydrogen-bond donors (Lipinski definition) is 0. The van der Waals surface area contributed by atoms with Gasteiger partial charge in [-0.15, -0.1) is 0 Å². The van der Waals surface area contributed by atoms with E-state index in [0.717, 1.165) is 33.4 Å². The van der Waals surface area contributed by atoms with E-state index in [1.54, 1.807) is 36.5 Å². The number of allylic oxidation sites excluding steroid dienone is 6. The Hall–Kier alpha value is -5.24. The number of carbonyl (C=O) groups excluding carboxylic acids is 3. The van der Waals surface area contributed by atoms with Crippen LogP contribution in [0.25, 0.3) is 36.5 Å². The van der Waals surface area contributed by atoms with Gasteiger partial charge in [-0.25, -0.2) is 0 Å². The molecule has 0 saturated heterocycles. The fourth-order valence-electron chi connectivity index (χ4n) is 4.62. The Kier molecular flexibility index (Phi) is 27.0. The summed E-state index contributed by atoms with van der Waals surface area (Å²) in [6, 6.07) is 58.7. The summed E-state index contributed by atoms with van der Waals surface area (Å²) in [6.07, 6.45) is 20.4. The third kappa shape index (κ3) is 22.8. The molecule has 0 fully saturated rings. The number of benzene rings is 6. The van der Waals surface area contributed by atoms with E-state index in [0.29, 0.717) is 0 Å². The first-order valence-corrected chi connectivity index (χ1v) is 17.5. The maximum atomic E-state index is 11.6. The molecule has 0 spiro atoms. The minimum atomic E-state index is -0.0114. The average Bonchev–Trinajstić information content (AvgIpc) is 3.24. The smallest absolute Gasteiger partial charge is 0.178 e. The van der Waals surface area contributed by atoms with Gasteiger partial charge in [0.15, 0.2) is 17.3 Å². The molecule has 294 valence electrons. The van der Waals surface area contributed by atoms with Crippen molar-refractivity contribution in [3.63, 3.8) is 0 Å². The minimum absolute atomic E-state index is 0. The molecule has 0 saturated carbocycles. The Morgan fingerprint density at radius 1 is 0.228 bits per heavy atom. The van der Waals surface area contributed by atoms with E-state index in [1.165, 1.54) is 0 Å². The maximum absolute atomic E-state index is 11.6. The second kappa shape index (κ2) is 30.9. The van der Waals surface area contributed by atoms with Gasteiger partial charge >= 0.3 is 0 Å². The van der Waals surface area contributed by atoms with Crippen LogP contribution in [0.3, 0.4) is 0 Å². The molecule has 0 unspecified atom stereocenters. The summed E-state index contributed by atoms with van der Waals surface area (Å²) in [7, 11) is 0. The van der Waals surface area contributed by atoms with Crippen LogP contribution in [0, 0.1) is 0 Å². The third-order valence-corrected chi connectivity index (χ3v) is 7.44. The molecular formula is C51H42O3Pd3. The van der Waals surface area contributed by atoms with Crippen molar-refractivity contribution in [1.29, 1.82) is 0 Å². The van der Waals surface area contributed by atoms with Crippen LogP contribution in [0.2, 0.25) is 0 Å². The van der Waals surface area contributed by atoms with Crippen molar-refractivity contribution < 1.29 is 75.7 Å². The van der Waals surface area contributed by atoms with Crippen LogP contribution >= 0.6 is 0 Å². The Morgan fingerprint density at radius 3 is 0.474 bits per heavy atom. The fraction of sp³-hybridized carbons (Fsp3) is 0. The number of carbonyl (C=O) groups is 3. The molecular weight excluding hydrogens is 980 g/mol. The SMILES string of the molecule is O=C(C=Cc1ccccc1)C=Cc1ccccc1.O=C(C=Cc1ccccc1)C=Cc1ccccc1.O=C(C=Cc1ccccc1)C=Cc1ccccc1.[Pd].[Pd].[Pd]. The van der Waals surface area contributed by atoms with Gasteiger partial charge in [0.05, 0.1) is 0 Å². The monoisotopic (exact) mass is 1020 g/mol. The van der Waals surface area contributed by atoms with Gasteiger partial charge in [0, 0.05) is 61.3 Å². The first-order valence-electron chi connectivity index (χ1n) is 17.5. The molecule has 0 amide bonds. The second-order valence-corrected chi connectivity index (χ2v) is 11.7. The summed E-state index contributed by atoms with van der Waals surface area (Å²) in [4.78, 5) is 34.8. The standard InChI is InChI=1S/3C17H14O.3Pd/c3*18-17(13-11-15-7-3-1-4-8-15)14-12-16-9-5-2-6-10-16;;;/h3*1-14H;;;. The summed E-state index contributed by atoms with van der Waals surface area (Å²) in [5, 5.41) is 0. The molecule has 0 atom stereocenters. The molecule has 6 rings (SSSR count). The van der Waals surface area contributed by atoms with Crippen molar-refractivity contribution in [3.05, 3.63) is 252 Å². The van der Waals surface area contributed by atoms with Crippen LogP contribution in [0.1, 0.15) is 33.4 Å². The van der Waals surface area contributed by atoms with Gasteiger partial charge in [-0.2, -0.15) is 0 Å². The van der Waals surface area contributed by atoms with E-state index < -0.39 is 0 Å². The molecule has 6 heteroatoms. The summed E-state index contributed by atoms with van der Waals surface area (Å²) in [5.41, 5.74) is 6.16. The van der Waals surface area contributed by atoms with Gasteiger partial charge < -0.3 is 0 Å². The van der Waals surface area contributed by atoms with Crippen molar-refractivity contribution in [2.24, 2.45) is 0 Å². The van der Waals surface area contributed by atoms with E-state index in [1.807, 2.05) is 218 Å². The summed E-state index contributed by atoms with van der Waals surface area (Å²) < 4.78 is 0. The van der Waals surface area contributed by atoms with Crippen LogP contribution < -0.4 is 0 Å². The predicted octanol–water partition coefficient (Wildman–Crippen LogP) is 11.9. The second-order valence-electron chi connectivity index (χ2n) is 11.7. The van der Waals surface area contributed by atoms with Crippen LogP contribution in [0.5, 0.6) is 0 Å². The number of rotatable bonds is 12. The number of ketones is 3.